The fourth-order valence-electron chi connectivity index (χ4n) is 1.45. The minimum Gasteiger partial charge on any atom is -0.381 e. The molecule has 0 aromatic carbocycles. The zero-order chi connectivity index (χ0) is 10.7. The smallest absolute Gasteiger partial charge is 0.191 e. The fraction of sp³-hybridized carbons (Fsp3) is 0.667. The fourth-order valence-corrected chi connectivity index (χ4v) is 2.31. The largest absolute Gasteiger partial charge is 0.381 e. The molecular weight excluding hydrogens is 214 g/mol. The molecule has 1 fully saturated rings. The van der Waals surface area contributed by atoms with E-state index in [4.69, 9.17) is 4.74 Å². The van der Waals surface area contributed by atoms with Crippen molar-refractivity contribution in [2.45, 2.75) is 11.6 Å². The molecule has 6 heteroatoms. The highest BCUT2D eigenvalue weighted by atomic mass is 32.2. The number of Topliss-reactive ketones (excluding diaryl/α,β-unsaturated/α-hetero) is 1. The molecule has 1 unspecified atom stereocenters. The quantitative estimate of drug-likeness (QED) is 0.702. The predicted octanol–water partition coefficient (Wildman–Crippen LogP) is 0.513. The van der Waals surface area contributed by atoms with Crippen molar-refractivity contribution in [2.24, 2.45) is 13.0 Å². The Hall–Kier alpha value is -0.880. The van der Waals surface area contributed by atoms with Crippen molar-refractivity contribution in [1.29, 1.82) is 0 Å². The lowest BCUT2D eigenvalue weighted by Gasteiger charge is -2.05. The number of carbonyl (C=O) groups excluding carboxylic acids is 1. The molecule has 0 aliphatic carbocycles. The molecule has 1 aliphatic rings. The van der Waals surface area contributed by atoms with Gasteiger partial charge in [-0.15, -0.1) is 10.2 Å². The second-order valence-corrected chi connectivity index (χ2v) is 4.48. The molecule has 0 N–H and O–H groups in total. The van der Waals surface area contributed by atoms with Crippen LogP contribution in [0.2, 0.25) is 0 Å². The van der Waals surface area contributed by atoms with Gasteiger partial charge < -0.3 is 9.30 Å². The first-order valence-electron chi connectivity index (χ1n) is 4.84. The molecule has 0 amide bonds. The van der Waals surface area contributed by atoms with Crippen molar-refractivity contribution in [2.75, 3.05) is 19.0 Å². The van der Waals surface area contributed by atoms with Crippen molar-refractivity contribution in [1.82, 2.24) is 14.8 Å². The van der Waals surface area contributed by atoms with Gasteiger partial charge in [0.15, 0.2) is 5.16 Å². The van der Waals surface area contributed by atoms with Gasteiger partial charge in [-0.05, 0) is 6.42 Å². The average Bonchev–Trinajstić information content (AvgIpc) is 2.85. The van der Waals surface area contributed by atoms with E-state index in [2.05, 4.69) is 10.2 Å². The Labute approximate surface area is 92.2 Å². The molecule has 1 atom stereocenters. The number of hydrogen-bond donors (Lipinski definition) is 0. The third-order valence-corrected chi connectivity index (χ3v) is 3.46. The number of rotatable bonds is 4. The normalized spacial score (nSPS) is 20.7. The Morgan fingerprint density at radius 2 is 2.67 bits per heavy atom. The molecule has 0 saturated carbocycles. The summed E-state index contributed by atoms with van der Waals surface area (Å²) < 4.78 is 6.98. The van der Waals surface area contributed by atoms with E-state index in [0.29, 0.717) is 19.0 Å². The molecule has 5 nitrogen and oxygen atoms in total. The highest BCUT2D eigenvalue weighted by Crippen LogP contribution is 2.19. The lowest BCUT2D eigenvalue weighted by molar-refractivity contribution is -0.120. The number of hydrogen-bond acceptors (Lipinski definition) is 5. The summed E-state index contributed by atoms with van der Waals surface area (Å²) in [5.74, 6) is 0.798. The van der Waals surface area contributed by atoms with E-state index in [-0.39, 0.29) is 11.7 Å². The van der Waals surface area contributed by atoms with E-state index < -0.39 is 0 Å². The van der Waals surface area contributed by atoms with Gasteiger partial charge in [-0.2, -0.15) is 0 Å². The summed E-state index contributed by atoms with van der Waals surface area (Å²) in [6.45, 7) is 1.29. The lowest BCUT2D eigenvalue weighted by atomic mass is 10.1. The summed E-state index contributed by atoms with van der Waals surface area (Å²) >= 11 is 1.43. The first-order valence-corrected chi connectivity index (χ1v) is 5.83. The summed E-state index contributed by atoms with van der Waals surface area (Å²) in [7, 11) is 1.87. The van der Waals surface area contributed by atoms with Crippen LogP contribution < -0.4 is 0 Å². The van der Waals surface area contributed by atoms with Crippen molar-refractivity contribution in [3.05, 3.63) is 6.33 Å². The van der Waals surface area contributed by atoms with E-state index in [0.717, 1.165) is 11.6 Å². The Morgan fingerprint density at radius 1 is 1.80 bits per heavy atom. The lowest BCUT2D eigenvalue weighted by Crippen LogP contribution is -2.16. The van der Waals surface area contributed by atoms with Crippen LogP contribution >= 0.6 is 11.8 Å². The van der Waals surface area contributed by atoms with Gasteiger partial charge in [-0.1, -0.05) is 11.8 Å². The van der Waals surface area contributed by atoms with Gasteiger partial charge in [0.1, 0.15) is 12.1 Å². The monoisotopic (exact) mass is 227 g/mol. The van der Waals surface area contributed by atoms with Gasteiger partial charge in [0.25, 0.3) is 0 Å². The second kappa shape index (κ2) is 4.76. The summed E-state index contributed by atoms with van der Waals surface area (Å²) in [6, 6.07) is 0. The maximum Gasteiger partial charge on any atom is 0.191 e. The van der Waals surface area contributed by atoms with E-state index in [1.165, 1.54) is 11.8 Å². The number of ether oxygens (including phenoxy) is 1. The molecule has 0 bridgehead atoms. The minimum atomic E-state index is 0.0886. The van der Waals surface area contributed by atoms with Gasteiger partial charge in [0.2, 0.25) is 0 Å². The Balaban J connectivity index is 1.83. The minimum absolute atomic E-state index is 0.0886. The van der Waals surface area contributed by atoms with Gasteiger partial charge >= 0.3 is 0 Å². The number of nitrogens with zero attached hydrogens (tertiary/aromatic N) is 3. The summed E-state index contributed by atoms with van der Waals surface area (Å²) in [4.78, 5) is 11.7. The van der Waals surface area contributed by atoms with Gasteiger partial charge in [0.05, 0.1) is 12.4 Å². The zero-order valence-corrected chi connectivity index (χ0v) is 9.37. The van der Waals surface area contributed by atoms with E-state index in [1.807, 2.05) is 11.6 Å². The van der Waals surface area contributed by atoms with E-state index in [9.17, 15) is 4.79 Å². The van der Waals surface area contributed by atoms with Crippen molar-refractivity contribution in [3.63, 3.8) is 0 Å². The zero-order valence-electron chi connectivity index (χ0n) is 8.55. The maximum absolute atomic E-state index is 11.7. The van der Waals surface area contributed by atoms with Crippen molar-refractivity contribution >= 4 is 17.5 Å². The number of thioether (sulfide) groups is 1. The number of carbonyl (C=O) groups is 1. The number of aryl methyl sites for hydroxylation is 1. The molecule has 1 aromatic rings. The van der Waals surface area contributed by atoms with Crippen LogP contribution in [0.3, 0.4) is 0 Å². The highest BCUT2D eigenvalue weighted by Gasteiger charge is 2.23. The van der Waals surface area contributed by atoms with Gasteiger partial charge in [0, 0.05) is 19.6 Å². The van der Waals surface area contributed by atoms with Crippen LogP contribution in [0.15, 0.2) is 11.5 Å². The third kappa shape index (κ3) is 2.57. The molecular formula is C9H13N3O2S. The van der Waals surface area contributed by atoms with Crippen LogP contribution in [0, 0.1) is 5.92 Å². The molecule has 0 radical (unpaired) electrons. The number of ketones is 1. The Bertz CT molecular complexity index is 347. The summed E-state index contributed by atoms with van der Waals surface area (Å²) in [6.07, 6.45) is 2.49. The third-order valence-electron chi connectivity index (χ3n) is 2.40. The maximum atomic E-state index is 11.7. The predicted molar refractivity (Wildman–Crippen MR) is 55.7 cm³/mol. The average molecular weight is 227 g/mol. The van der Waals surface area contributed by atoms with E-state index in [1.54, 1.807) is 6.33 Å². The standard InChI is InChI=1S/C9H13N3O2S/c1-12-6-10-11-9(12)15-5-8(13)7-2-3-14-4-7/h6-7H,2-5H2,1H3. The molecule has 1 aromatic heterocycles. The van der Waals surface area contributed by atoms with E-state index >= 15 is 0 Å². The van der Waals surface area contributed by atoms with Crippen LogP contribution in [0.25, 0.3) is 0 Å². The molecule has 2 heterocycles. The molecule has 1 saturated heterocycles. The SMILES string of the molecule is Cn1cnnc1SCC(=O)C1CCOC1. The number of aromatic nitrogens is 3. The first kappa shape index (κ1) is 10.6. The van der Waals surface area contributed by atoms with Crippen LogP contribution in [0.5, 0.6) is 0 Å². The molecule has 15 heavy (non-hydrogen) atoms. The van der Waals surface area contributed by atoms with Crippen LogP contribution in [-0.2, 0) is 16.6 Å². The van der Waals surface area contributed by atoms with Crippen molar-refractivity contribution < 1.29 is 9.53 Å². The second-order valence-electron chi connectivity index (χ2n) is 3.54. The van der Waals surface area contributed by atoms with Crippen LogP contribution in [0.4, 0.5) is 0 Å². The highest BCUT2D eigenvalue weighted by molar-refractivity contribution is 7.99. The molecule has 82 valence electrons. The topological polar surface area (TPSA) is 57.0 Å². The molecule has 0 spiro atoms. The van der Waals surface area contributed by atoms with Gasteiger partial charge in [-0.3, -0.25) is 4.79 Å². The summed E-state index contributed by atoms with van der Waals surface area (Å²) in [5.41, 5.74) is 0. The van der Waals surface area contributed by atoms with Gasteiger partial charge in [-0.25, -0.2) is 0 Å². The molecule has 2 rings (SSSR count). The summed E-state index contributed by atoms with van der Waals surface area (Å²) in [5, 5.41) is 8.44. The Kier molecular flexibility index (Phi) is 3.37. The van der Waals surface area contributed by atoms with Crippen LogP contribution in [0.1, 0.15) is 6.42 Å². The molecule has 1 aliphatic heterocycles. The Morgan fingerprint density at radius 3 is 3.27 bits per heavy atom. The van der Waals surface area contributed by atoms with Crippen LogP contribution in [-0.4, -0.2) is 39.5 Å². The van der Waals surface area contributed by atoms with Crippen molar-refractivity contribution in [3.8, 4) is 0 Å². The first-order chi connectivity index (χ1) is 7.27.